The Morgan fingerprint density at radius 1 is 1.13 bits per heavy atom. The molecule has 0 saturated carbocycles. The molecule has 0 aromatic carbocycles. The van der Waals surface area contributed by atoms with E-state index in [1.807, 2.05) is 20.8 Å². The Morgan fingerprint density at radius 3 is 1.87 bits per heavy atom. The van der Waals surface area contributed by atoms with Gasteiger partial charge in [0.05, 0.1) is 5.54 Å². The van der Waals surface area contributed by atoms with Gasteiger partial charge in [-0.25, -0.2) is 4.79 Å². The highest BCUT2D eigenvalue weighted by Crippen LogP contribution is 2.21. The largest absolute Gasteiger partial charge is 0.477 e. The smallest absolute Gasteiger partial charge is 0.349 e. The molecule has 88 valence electrons. The Hall–Kier alpha value is -0.860. The van der Waals surface area contributed by atoms with Crippen molar-refractivity contribution in [3.8, 4) is 0 Å². The number of carboxylic acids is 1. The van der Waals surface area contributed by atoms with Crippen molar-refractivity contribution in [2.75, 3.05) is 0 Å². The minimum atomic E-state index is -0.894. The first-order valence-corrected chi connectivity index (χ1v) is 5.33. The van der Waals surface area contributed by atoms with Gasteiger partial charge in [-0.1, -0.05) is 20.8 Å². The van der Waals surface area contributed by atoms with Crippen LogP contribution in [0, 0.1) is 5.41 Å². The van der Waals surface area contributed by atoms with Gasteiger partial charge in [0.1, 0.15) is 5.71 Å². The molecule has 0 aromatic heterocycles. The molecule has 0 atom stereocenters. The number of hydrogen-bond donors (Lipinski definition) is 1. The molecule has 1 N–H and O–H groups in total. The van der Waals surface area contributed by atoms with E-state index in [1.54, 1.807) is 0 Å². The fourth-order valence-corrected chi connectivity index (χ4v) is 1.11. The van der Waals surface area contributed by atoms with Crippen LogP contribution in [0.4, 0.5) is 0 Å². The molecule has 0 rings (SSSR count). The summed E-state index contributed by atoms with van der Waals surface area (Å²) in [6.45, 7) is 12.0. The van der Waals surface area contributed by atoms with E-state index >= 15 is 0 Å². The van der Waals surface area contributed by atoms with Crippen molar-refractivity contribution in [3.63, 3.8) is 0 Å². The SMILES string of the molecule is CC(C)(C)CCC(=NC(C)(C)C)C(=O)O. The fourth-order valence-electron chi connectivity index (χ4n) is 1.11. The van der Waals surface area contributed by atoms with Crippen molar-refractivity contribution in [1.29, 1.82) is 0 Å². The molecule has 3 heteroatoms. The van der Waals surface area contributed by atoms with Crippen LogP contribution in [0.1, 0.15) is 54.4 Å². The van der Waals surface area contributed by atoms with E-state index in [0.717, 1.165) is 6.42 Å². The highest BCUT2D eigenvalue weighted by atomic mass is 16.4. The van der Waals surface area contributed by atoms with E-state index in [2.05, 4.69) is 25.8 Å². The molecular formula is C12H23NO2. The van der Waals surface area contributed by atoms with E-state index < -0.39 is 5.97 Å². The van der Waals surface area contributed by atoms with Crippen LogP contribution in [0.5, 0.6) is 0 Å². The maximum Gasteiger partial charge on any atom is 0.349 e. The molecule has 0 aromatic rings. The maximum atomic E-state index is 11.0. The Balaban J connectivity index is 4.58. The Labute approximate surface area is 92.6 Å². The van der Waals surface area contributed by atoms with E-state index in [0.29, 0.717) is 6.42 Å². The van der Waals surface area contributed by atoms with Gasteiger partial charge < -0.3 is 5.11 Å². The van der Waals surface area contributed by atoms with E-state index in [-0.39, 0.29) is 16.7 Å². The fraction of sp³-hybridized carbons (Fsp3) is 0.833. The lowest BCUT2D eigenvalue weighted by Crippen LogP contribution is -2.22. The average Bonchev–Trinajstić information content (AvgIpc) is 1.93. The van der Waals surface area contributed by atoms with Crippen LogP contribution >= 0.6 is 0 Å². The normalized spacial score (nSPS) is 14.1. The van der Waals surface area contributed by atoms with Crippen molar-refractivity contribution >= 4 is 11.7 Å². The summed E-state index contributed by atoms with van der Waals surface area (Å²) in [6.07, 6.45) is 1.38. The second kappa shape index (κ2) is 4.77. The quantitative estimate of drug-likeness (QED) is 0.732. The summed E-state index contributed by atoms with van der Waals surface area (Å²) in [4.78, 5) is 15.2. The van der Waals surface area contributed by atoms with E-state index in [9.17, 15) is 4.79 Å². The first-order valence-electron chi connectivity index (χ1n) is 5.33. The first kappa shape index (κ1) is 14.1. The molecule has 0 aliphatic carbocycles. The zero-order valence-electron chi connectivity index (χ0n) is 10.7. The third kappa shape index (κ3) is 8.16. The number of nitrogens with zero attached hydrogens (tertiary/aromatic N) is 1. The molecule has 0 bridgehead atoms. The Morgan fingerprint density at radius 2 is 1.60 bits per heavy atom. The molecule has 15 heavy (non-hydrogen) atoms. The first-order chi connectivity index (χ1) is 6.51. The van der Waals surface area contributed by atoms with Gasteiger partial charge in [0.15, 0.2) is 0 Å². The van der Waals surface area contributed by atoms with Gasteiger partial charge in [-0.2, -0.15) is 0 Å². The predicted molar refractivity (Wildman–Crippen MR) is 63.5 cm³/mol. The Kier molecular flexibility index (Phi) is 4.50. The summed E-state index contributed by atoms with van der Waals surface area (Å²) in [5.74, 6) is -0.894. The maximum absolute atomic E-state index is 11.0. The Bertz CT molecular complexity index is 254. The molecule has 0 spiro atoms. The van der Waals surface area contributed by atoms with Gasteiger partial charge in [0.25, 0.3) is 0 Å². The molecule has 0 unspecified atom stereocenters. The molecule has 0 heterocycles. The van der Waals surface area contributed by atoms with Crippen LogP contribution in [-0.2, 0) is 4.79 Å². The standard InChI is InChI=1S/C12H23NO2/c1-11(2,3)8-7-9(10(14)15)13-12(4,5)6/h7-8H2,1-6H3,(H,14,15). The number of carbonyl (C=O) groups is 1. The van der Waals surface area contributed by atoms with Crippen LogP contribution in [0.15, 0.2) is 4.99 Å². The number of carboxylic acid groups (broad SMARTS) is 1. The lowest BCUT2D eigenvalue weighted by atomic mass is 9.89. The minimum absolute atomic E-state index is 0.147. The lowest BCUT2D eigenvalue weighted by molar-refractivity contribution is -0.129. The monoisotopic (exact) mass is 213 g/mol. The van der Waals surface area contributed by atoms with Gasteiger partial charge in [0, 0.05) is 0 Å². The van der Waals surface area contributed by atoms with Gasteiger partial charge >= 0.3 is 5.97 Å². The average molecular weight is 213 g/mol. The van der Waals surface area contributed by atoms with Gasteiger partial charge in [-0.3, -0.25) is 4.99 Å². The molecule has 0 amide bonds. The van der Waals surface area contributed by atoms with Crippen LogP contribution < -0.4 is 0 Å². The van der Waals surface area contributed by atoms with Gasteiger partial charge in [0.2, 0.25) is 0 Å². The summed E-state index contributed by atoms with van der Waals surface area (Å²) in [6, 6.07) is 0. The highest BCUT2D eigenvalue weighted by Gasteiger charge is 2.18. The summed E-state index contributed by atoms with van der Waals surface area (Å²) in [5, 5.41) is 9.00. The molecule has 3 nitrogen and oxygen atoms in total. The second-order valence-electron chi connectivity index (χ2n) is 6.10. The summed E-state index contributed by atoms with van der Waals surface area (Å²) < 4.78 is 0. The number of rotatable bonds is 3. The summed E-state index contributed by atoms with van der Waals surface area (Å²) in [7, 11) is 0. The third-order valence-corrected chi connectivity index (χ3v) is 1.83. The lowest BCUT2D eigenvalue weighted by Gasteiger charge is -2.19. The van der Waals surface area contributed by atoms with Crippen LogP contribution in [0.25, 0.3) is 0 Å². The van der Waals surface area contributed by atoms with E-state index in [4.69, 9.17) is 5.11 Å². The summed E-state index contributed by atoms with van der Waals surface area (Å²) in [5.41, 5.74) is 0.122. The molecule has 0 aliphatic heterocycles. The number of hydrogen-bond acceptors (Lipinski definition) is 2. The van der Waals surface area contributed by atoms with Crippen molar-refractivity contribution in [2.24, 2.45) is 10.4 Å². The zero-order chi connectivity index (χ0) is 12.3. The molecule has 0 aliphatic rings. The zero-order valence-corrected chi connectivity index (χ0v) is 10.7. The number of aliphatic imine (C=N–C) groups is 1. The topological polar surface area (TPSA) is 49.7 Å². The number of aliphatic carboxylic acids is 1. The molecule has 0 fully saturated rings. The minimum Gasteiger partial charge on any atom is -0.477 e. The van der Waals surface area contributed by atoms with Gasteiger partial charge in [-0.05, 0) is 39.0 Å². The third-order valence-electron chi connectivity index (χ3n) is 1.83. The van der Waals surface area contributed by atoms with Crippen LogP contribution in [-0.4, -0.2) is 22.3 Å². The van der Waals surface area contributed by atoms with Crippen LogP contribution in [0.2, 0.25) is 0 Å². The highest BCUT2D eigenvalue weighted by molar-refractivity contribution is 6.35. The predicted octanol–water partition coefficient (Wildman–Crippen LogP) is 3.14. The van der Waals surface area contributed by atoms with Crippen molar-refractivity contribution < 1.29 is 9.90 Å². The summed E-state index contributed by atoms with van der Waals surface area (Å²) >= 11 is 0. The van der Waals surface area contributed by atoms with Crippen LogP contribution in [0.3, 0.4) is 0 Å². The molecule has 0 saturated heterocycles. The van der Waals surface area contributed by atoms with Crippen molar-refractivity contribution in [1.82, 2.24) is 0 Å². The van der Waals surface area contributed by atoms with Crippen molar-refractivity contribution in [2.45, 2.75) is 59.9 Å². The van der Waals surface area contributed by atoms with E-state index in [1.165, 1.54) is 0 Å². The van der Waals surface area contributed by atoms with Crippen molar-refractivity contribution in [3.05, 3.63) is 0 Å². The van der Waals surface area contributed by atoms with Gasteiger partial charge in [-0.15, -0.1) is 0 Å². The molecule has 0 radical (unpaired) electrons. The second-order valence-corrected chi connectivity index (χ2v) is 6.10. The molecular weight excluding hydrogens is 190 g/mol.